The molecule has 5 nitrogen and oxygen atoms in total. The molecule has 0 unspecified atom stereocenters. The first kappa shape index (κ1) is 16.7. The first-order chi connectivity index (χ1) is 12.8. The average Bonchev–Trinajstić information content (AvgIpc) is 3.16. The molecule has 4 rings (SSSR count). The standard InChI is InChI=1S/C20H20FN3O2/c21-17-2-1-3-18(12-17)25-13-19-23-20(26-24-19)16-6-4-14(5-7-16)15-8-10-22-11-9-15/h1-7,12,15,22H,8-11,13H2. The van der Waals surface area contributed by atoms with Crippen molar-refractivity contribution in [3.8, 4) is 17.2 Å². The Morgan fingerprint density at radius 1 is 1.12 bits per heavy atom. The molecule has 2 heterocycles. The van der Waals surface area contributed by atoms with Crippen LogP contribution in [0.15, 0.2) is 53.1 Å². The van der Waals surface area contributed by atoms with Crippen LogP contribution in [-0.2, 0) is 6.61 Å². The summed E-state index contributed by atoms with van der Waals surface area (Å²) in [7, 11) is 0. The molecule has 1 aliphatic rings. The molecule has 0 amide bonds. The molecule has 1 aromatic heterocycles. The van der Waals surface area contributed by atoms with Gasteiger partial charge in [0.2, 0.25) is 5.82 Å². The van der Waals surface area contributed by atoms with Crippen LogP contribution in [0.1, 0.15) is 30.1 Å². The molecule has 134 valence electrons. The van der Waals surface area contributed by atoms with E-state index in [-0.39, 0.29) is 12.4 Å². The fourth-order valence-corrected chi connectivity index (χ4v) is 3.19. The van der Waals surface area contributed by atoms with E-state index in [0.29, 0.717) is 23.4 Å². The van der Waals surface area contributed by atoms with E-state index in [0.717, 1.165) is 18.7 Å². The largest absolute Gasteiger partial charge is 0.485 e. The Hall–Kier alpha value is -2.73. The van der Waals surface area contributed by atoms with Crippen molar-refractivity contribution < 1.29 is 13.7 Å². The van der Waals surface area contributed by atoms with Crippen molar-refractivity contribution in [1.82, 2.24) is 15.5 Å². The fourth-order valence-electron chi connectivity index (χ4n) is 3.19. The van der Waals surface area contributed by atoms with Crippen molar-refractivity contribution in [2.75, 3.05) is 13.1 Å². The van der Waals surface area contributed by atoms with E-state index < -0.39 is 0 Å². The SMILES string of the molecule is Fc1cccc(OCc2noc(-c3ccc(C4CCNCC4)cc3)n2)c1. The summed E-state index contributed by atoms with van der Waals surface area (Å²) in [6.45, 7) is 2.27. The molecule has 0 spiro atoms. The van der Waals surface area contributed by atoms with Gasteiger partial charge in [-0.1, -0.05) is 23.4 Å². The van der Waals surface area contributed by atoms with Crippen LogP contribution in [0.5, 0.6) is 5.75 Å². The molecule has 0 radical (unpaired) electrons. The number of hydrogen-bond donors (Lipinski definition) is 1. The first-order valence-corrected chi connectivity index (χ1v) is 8.80. The topological polar surface area (TPSA) is 60.2 Å². The van der Waals surface area contributed by atoms with E-state index in [1.54, 1.807) is 12.1 Å². The number of nitrogens with one attached hydrogen (secondary N) is 1. The summed E-state index contributed by atoms with van der Waals surface area (Å²) < 4.78 is 24.0. The third kappa shape index (κ3) is 3.91. The molecule has 0 aliphatic carbocycles. The van der Waals surface area contributed by atoms with E-state index in [4.69, 9.17) is 9.26 Å². The second-order valence-electron chi connectivity index (χ2n) is 6.41. The summed E-state index contributed by atoms with van der Waals surface area (Å²) in [5, 5.41) is 7.31. The van der Waals surface area contributed by atoms with E-state index in [2.05, 4.69) is 27.6 Å². The second kappa shape index (κ2) is 7.66. The zero-order valence-electron chi connectivity index (χ0n) is 14.3. The number of halogens is 1. The summed E-state index contributed by atoms with van der Waals surface area (Å²) in [6.07, 6.45) is 2.34. The van der Waals surface area contributed by atoms with Gasteiger partial charge in [0.1, 0.15) is 11.6 Å². The van der Waals surface area contributed by atoms with Crippen LogP contribution in [-0.4, -0.2) is 23.2 Å². The molecule has 26 heavy (non-hydrogen) atoms. The number of rotatable bonds is 5. The summed E-state index contributed by atoms with van der Waals surface area (Å²) in [5.41, 5.74) is 2.23. The minimum atomic E-state index is -0.342. The van der Waals surface area contributed by atoms with E-state index in [1.807, 2.05) is 12.1 Å². The molecular formula is C20H20FN3O2. The van der Waals surface area contributed by atoms with E-state index in [9.17, 15) is 4.39 Å². The first-order valence-electron chi connectivity index (χ1n) is 8.80. The average molecular weight is 353 g/mol. The Kier molecular flexibility index (Phi) is 4.93. The van der Waals surface area contributed by atoms with Gasteiger partial charge in [0.05, 0.1) is 0 Å². The third-order valence-electron chi connectivity index (χ3n) is 4.60. The van der Waals surface area contributed by atoms with Crippen LogP contribution in [0, 0.1) is 5.82 Å². The van der Waals surface area contributed by atoms with E-state index in [1.165, 1.54) is 30.5 Å². The Bertz CT molecular complexity index is 858. The molecular weight excluding hydrogens is 333 g/mol. The molecule has 1 N–H and O–H groups in total. The van der Waals surface area contributed by atoms with Crippen molar-refractivity contribution in [1.29, 1.82) is 0 Å². The minimum absolute atomic E-state index is 0.125. The molecule has 0 bridgehead atoms. The van der Waals surface area contributed by atoms with Gasteiger partial charge in [-0.3, -0.25) is 0 Å². The Morgan fingerprint density at radius 3 is 2.69 bits per heavy atom. The number of nitrogens with zero attached hydrogens (tertiary/aromatic N) is 2. The lowest BCUT2D eigenvalue weighted by Crippen LogP contribution is -2.26. The lowest BCUT2D eigenvalue weighted by Gasteiger charge is -2.22. The summed E-state index contributed by atoms with van der Waals surface area (Å²) >= 11 is 0. The number of benzene rings is 2. The molecule has 0 saturated carbocycles. The molecule has 1 aliphatic heterocycles. The van der Waals surface area contributed by atoms with Crippen molar-refractivity contribution in [3.05, 3.63) is 65.7 Å². The Morgan fingerprint density at radius 2 is 1.92 bits per heavy atom. The maximum absolute atomic E-state index is 13.2. The minimum Gasteiger partial charge on any atom is -0.485 e. The van der Waals surface area contributed by atoms with Crippen molar-refractivity contribution in [3.63, 3.8) is 0 Å². The van der Waals surface area contributed by atoms with Crippen LogP contribution in [0.4, 0.5) is 4.39 Å². The highest BCUT2D eigenvalue weighted by molar-refractivity contribution is 5.53. The molecule has 1 saturated heterocycles. The predicted molar refractivity (Wildman–Crippen MR) is 95.3 cm³/mol. The van der Waals surface area contributed by atoms with Crippen molar-refractivity contribution in [2.24, 2.45) is 0 Å². The van der Waals surface area contributed by atoms with Gasteiger partial charge < -0.3 is 14.6 Å². The number of hydrogen-bond acceptors (Lipinski definition) is 5. The molecule has 0 atom stereocenters. The fraction of sp³-hybridized carbons (Fsp3) is 0.300. The van der Waals surface area contributed by atoms with Gasteiger partial charge >= 0.3 is 0 Å². The monoisotopic (exact) mass is 353 g/mol. The van der Waals surface area contributed by atoms with Gasteiger partial charge in [-0.05, 0) is 61.7 Å². The third-order valence-corrected chi connectivity index (χ3v) is 4.60. The zero-order valence-corrected chi connectivity index (χ0v) is 14.3. The normalized spacial score (nSPS) is 15.1. The Labute approximate surface area is 151 Å². The lowest BCUT2D eigenvalue weighted by atomic mass is 9.90. The van der Waals surface area contributed by atoms with Gasteiger partial charge in [0.15, 0.2) is 6.61 Å². The van der Waals surface area contributed by atoms with Crippen LogP contribution >= 0.6 is 0 Å². The second-order valence-corrected chi connectivity index (χ2v) is 6.41. The lowest BCUT2D eigenvalue weighted by molar-refractivity contribution is 0.286. The predicted octanol–water partition coefficient (Wildman–Crippen LogP) is 3.92. The summed E-state index contributed by atoms with van der Waals surface area (Å²) in [6, 6.07) is 14.3. The van der Waals surface area contributed by atoms with Gasteiger partial charge in [0, 0.05) is 11.6 Å². The smallest absolute Gasteiger partial charge is 0.258 e. The number of piperidine rings is 1. The van der Waals surface area contributed by atoms with Gasteiger partial charge in [0.25, 0.3) is 5.89 Å². The maximum Gasteiger partial charge on any atom is 0.258 e. The summed E-state index contributed by atoms with van der Waals surface area (Å²) in [5.74, 6) is 1.59. The van der Waals surface area contributed by atoms with Gasteiger partial charge in [-0.2, -0.15) is 4.98 Å². The molecule has 2 aromatic carbocycles. The van der Waals surface area contributed by atoms with Crippen LogP contribution < -0.4 is 10.1 Å². The van der Waals surface area contributed by atoms with Crippen LogP contribution in [0.2, 0.25) is 0 Å². The molecule has 3 aromatic rings. The highest BCUT2D eigenvalue weighted by Crippen LogP contribution is 2.27. The highest BCUT2D eigenvalue weighted by atomic mass is 19.1. The van der Waals surface area contributed by atoms with Crippen LogP contribution in [0.25, 0.3) is 11.5 Å². The highest BCUT2D eigenvalue weighted by Gasteiger charge is 2.16. The molecule has 1 fully saturated rings. The number of aromatic nitrogens is 2. The quantitative estimate of drug-likeness (QED) is 0.753. The van der Waals surface area contributed by atoms with Crippen molar-refractivity contribution >= 4 is 0 Å². The Balaban J connectivity index is 1.40. The number of ether oxygens (including phenoxy) is 1. The van der Waals surface area contributed by atoms with Crippen molar-refractivity contribution in [2.45, 2.75) is 25.4 Å². The maximum atomic E-state index is 13.2. The van der Waals surface area contributed by atoms with Gasteiger partial charge in [-0.15, -0.1) is 0 Å². The summed E-state index contributed by atoms with van der Waals surface area (Å²) in [4.78, 5) is 4.35. The van der Waals surface area contributed by atoms with E-state index >= 15 is 0 Å². The zero-order chi connectivity index (χ0) is 17.8. The molecule has 6 heteroatoms. The van der Waals surface area contributed by atoms with Gasteiger partial charge in [-0.25, -0.2) is 4.39 Å². The van der Waals surface area contributed by atoms with Crippen LogP contribution in [0.3, 0.4) is 0 Å².